The number of aromatic nitrogens is 2. The summed E-state index contributed by atoms with van der Waals surface area (Å²) in [5.74, 6) is 6.97. The van der Waals surface area contributed by atoms with Gasteiger partial charge in [-0.3, -0.25) is 5.43 Å². The van der Waals surface area contributed by atoms with Crippen molar-refractivity contribution in [3.05, 3.63) is 10.7 Å². The van der Waals surface area contributed by atoms with E-state index in [9.17, 15) is 0 Å². The number of anilines is 1. The predicted octanol–water partition coefficient (Wildman–Crippen LogP) is 1.70. The predicted molar refractivity (Wildman–Crippen MR) is 60.4 cm³/mol. The highest BCUT2D eigenvalue weighted by atomic mass is 79.9. The maximum absolute atomic E-state index is 5.54. The molecule has 1 aromatic heterocycles. The summed E-state index contributed by atoms with van der Waals surface area (Å²) in [6.07, 6.45) is 5.39. The number of halogens is 1. The van der Waals surface area contributed by atoms with Gasteiger partial charge in [0, 0.05) is 0 Å². The Balaban J connectivity index is 1.92. The van der Waals surface area contributed by atoms with Crippen molar-refractivity contribution in [2.45, 2.75) is 19.3 Å². The van der Waals surface area contributed by atoms with Crippen LogP contribution in [0.2, 0.25) is 0 Å². The van der Waals surface area contributed by atoms with Crippen LogP contribution in [0.3, 0.4) is 0 Å². The zero-order valence-corrected chi connectivity index (χ0v) is 9.83. The molecule has 1 saturated carbocycles. The number of nitrogen functional groups attached to an aromatic ring is 1. The lowest BCUT2D eigenvalue weighted by molar-refractivity contribution is 0.289. The quantitative estimate of drug-likeness (QED) is 0.631. The van der Waals surface area contributed by atoms with Gasteiger partial charge in [0.2, 0.25) is 11.8 Å². The van der Waals surface area contributed by atoms with Crippen molar-refractivity contribution < 1.29 is 4.74 Å². The van der Waals surface area contributed by atoms with Gasteiger partial charge in [-0.1, -0.05) is 12.8 Å². The molecule has 0 saturated heterocycles. The highest BCUT2D eigenvalue weighted by molar-refractivity contribution is 9.10. The second-order valence-electron chi connectivity index (χ2n) is 3.57. The molecule has 15 heavy (non-hydrogen) atoms. The van der Waals surface area contributed by atoms with Gasteiger partial charge in [0.25, 0.3) is 0 Å². The third-order valence-corrected chi connectivity index (χ3v) is 2.85. The van der Waals surface area contributed by atoms with Crippen LogP contribution in [0.1, 0.15) is 19.3 Å². The van der Waals surface area contributed by atoms with Gasteiger partial charge in [0.05, 0.1) is 17.3 Å². The number of hydrogen-bond acceptors (Lipinski definition) is 5. The number of hydrazine groups is 1. The first-order chi connectivity index (χ1) is 7.29. The van der Waals surface area contributed by atoms with Crippen LogP contribution in [-0.4, -0.2) is 16.6 Å². The molecule has 0 aromatic carbocycles. The molecule has 1 heterocycles. The molecule has 0 radical (unpaired) electrons. The van der Waals surface area contributed by atoms with Gasteiger partial charge in [0.15, 0.2) is 0 Å². The fourth-order valence-electron chi connectivity index (χ4n) is 1.25. The average Bonchev–Trinajstić information content (AvgIpc) is 3.05. The van der Waals surface area contributed by atoms with Crippen LogP contribution in [0.15, 0.2) is 10.7 Å². The molecular formula is C9H13BrN4O. The minimum atomic E-state index is 0.361. The lowest BCUT2D eigenvalue weighted by Gasteiger charge is -2.07. The Hall–Kier alpha value is -0.880. The number of nitrogens with zero attached hydrogens (tertiary/aromatic N) is 2. The molecule has 0 aliphatic heterocycles. The first-order valence-corrected chi connectivity index (χ1v) is 5.71. The van der Waals surface area contributed by atoms with Gasteiger partial charge in [-0.05, 0) is 28.3 Å². The molecule has 1 aliphatic rings. The minimum Gasteiger partial charge on any atom is -0.477 e. The molecule has 82 valence electrons. The molecule has 1 aromatic rings. The topological polar surface area (TPSA) is 73.1 Å². The average molecular weight is 273 g/mol. The summed E-state index contributed by atoms with van der Waals surface area (Å²) >= 11 is 3.32. The first kappa shape index (κ1) is 10.6. The molecule has 6 heteroatoms. The summed E-state index contributed by atoms with van der Waals surface area (Å²) in [6.45, 7) is 0.699. The van der Waals surface area contributed by atoms with Crippen LogP contribution in [0, 0.1) is 5.92 Å². The summed E-state index contributed by atoms with van der Waals surface area (Å²) in [6, 6.07) is 0. The van der Waals surface area contributed by atoms with Gasteiger partial charge >= 0.3 is 0 Å². The lowest BCUT2D eigenvalue weighted by Crippen LogP contribution is -2.11. The van der Waals surface area contributed by atoms with E-state index < -0.39 is 0 Å². The van der Waals surface area contributed by atoms with E-state index in [1.54, 1.807) is 6.20 Å². The van der Waals surface area contributed by atoms with Crippen molar-refractivity contribution in [1.82, 2.24) is 9.97 Å². The van der Waals surface area contributed by atoms with Gasteiger partial charge in [-0.15, -0.1) is 0 Å². The van der Waals surface area contributed by atoms with Crippen LogP contribution in [0.4, 0.5) is 5.95 Å². The summed E-state index contributed by atoms with van der Waals surface area (Å²) < 4.78 is 6.28. The standard InChI is InChI=1S/C9H13BrN4O/c10-7-5-12-9(14-11)13-8(7)15-4-3-6-1-2-6/h5-6H,1-4,11H2,(H,12,13,14). The van der Waals surface area contributed by atoms with E-state index >= 15 is 0 Å². The van der Waals surface area contributed by atoms with Gasteiger partial charge in [-0.25, -0.2) is 10.8 Å². The van der Waals surface area contributed by atoms with E-state index in [-0.39, 0.29) is 0 Å². The molecule has 0 atom stereocenters. The van der Waals surface area contributed by atoms with E-state index in [1.807, 2.05) is 0 Å². The normalized spacial score (nSPS) is 15.1. The third kappa shape index (κ3) is 3.04. The van der Waals surface area contributed by atoms with Crippen molar-refractivity contribution >= 4 is 21.9 Å². The molecule has 0 bridgehead atoms. The van der Waals surface area contributed by atoms with E-state index in [1.165, 1.54) is 12.8 Å². The maximum atomic E-state index is 5.54. The zero-order valence-electron chi connectivity index (χ0n) is 8.24. The first-order valence-electron chi connectivity index (χ1n) is 4.91. The highest BCUT2D eigenvalue weighted by Gasteiger charge is 2.21. The van der Waals surface area contributed by atoms with Crippen LogP contribution in [-0.2, 0) is 0 Å². The number of hydrogen-bond donors (Lipinski definition) is 2. The van der Waals surface area contributed by atoms with Crippen molar-refractivity contribution in [3.8, 4) is 5.88 Å². The second-order valence-corrected chi connectivity index (χ2v) is 4.43. The Morgan fingerprint density at radius 3 is 3.07 bits per heavy atom. The molecule has 1 aliphatic carbocycles. The Labute approximate surface area is 96.5 Å². The molecule has 3 N–H and O–H groups in total. The van der Waals surface area contributed by atoms with Crippen LogP contribution in [0.25, 0.3) is 0 Å². The minimum absolute atomic E-state index is 0.361. The molecule has 0 amide bonds. The maximum Gasteiger partial charge on any atom is 0.240 e. The van der Waals surface area contributed by atoms with Crippen LogP contribution in [0.5, 0.6) is 5.88 Å². The fraction of sp³-hybridized carbons (Fsp3) is 0.556. The van der Waals surface area contributed by atoms with Crippen molar-refractivity contribution in [2.75, 3.05) is 12.0 Å². The summed E-state index contributed by atoms with van der Waals surface area (Å²) in [5, 5.41) is 0. The van der Waals surface area contributed by atoms with E-state index in [4.69, 9.17) is 10.6 Å². The Morgan fingerprint density at radius 1 is 1.60 bits per heavy atom. The second kappa shape index (κ2) is 4.76. The molecule has 0 spiro atoms. The number of rotatable bonds is 5. The molecule has 0 unspecified atom stereocenters. The summed E-state index contributed by atoms with van der Waals surface area (Å²) in [5.41, 5.74) is 2.38. The fourth-order valence-corrected chi connectivity index (χ4v) is 1.56. The van der Waals surface area contributed by atoms with Crippen LogP contribution >= 0.6 is 15.9 Å². The summed E-state index contributed by atoms with van der Waals surface area (Å²) in [4.78, 5) is 8.03. The highest BCUT2D eigenvalue weighted by Crippen LogP contribution is 2.32. The molecule has 2 rings (SSSR count). The Bertz CT molecular complexity index is 343. The molecule has 1 fully saturated rings. The molecular weight excluding hydrogens is 260 g/mol. The lowest BCUT2D eigenvalue weighted by atomic mass is 10.3. The van der Waals surface area contributed by atoms with Gasteiger partial charge in [-0.2, -0.15) is 4.98 Å². The zero-order chi connectivity index (χ0) is 10.7. The number of nitrogens with two attached hydrogens (primary N) is 1. The van der Waals surface area contributed by atoms with Crippen LogP contribution < -0.4 is 16.0 Å². The number of nitrogens with one attached hydrogen (secondary N) is 1. The third-order valence-electron chi connectivity index (χ3n) is 2.30. The van der Waals surface area contributed by atoms with Crippen molar-refractivity contribution in [3.63, 3.8) is 0 Å². The number of ether oxygens (including phenoxy) is 1. The van der Waals surface area contributed by atoms with E-state index in [0.717, 1.165) is 16.8 Å². The SMILES string of the molecule is NNc1ncc(Br)c(OCCC2CC2)n1. The molecule has 5 nitrogen and oxygen atoms in total. The largest absolute Gasteiger partial charge is 0.477 e. The van der Waals surface area contributed by atoms with E-state index in [0.29, 0.717) is 18.4 Å². The smallest absolute Gasteiger partial charge is 0.240 e. The van der Waals surface area contributed by atoms with Gasteiger partial charge in [0.1, 0.15) is 0 Å². The summed E-state index contributed by atoms with van der Waals surface area (Å²) in [7, 11) is 0. The van der Waals surface area contributed by atoms with E-state index in [2.05, 4.69) is 31.3 Å². The Morgan fingerprint density at radius 2 is 2.40 bits per heavy atom. The van der Waals surface area contributed by atoms with Gasteiger partial charge < -0.3 is 4.74 Å². The Kier molecular flexibility index (Phi) is 3.37. The van der Waals surface area contributed by atoms with Crippen molar-refractivity contribution in [1.29, 1.82) is 0 Å². The van der Waals surface area contributed by atoms with Crippen molar-refractivity contribution in [2.24, 2.45) is 11.8 Å². The monoisotopic (exact) mass is 272 g/mol.